The van der Waals surface area contributed by atoms with Gasteiger partial charge in [0.1, 0.15) is 11.9 Å². The van der Waals surface area contributed by atoms with Crippen LogP contribution in [0.3, 0.4) is 0 Å². The Balaban J connectivity index is 1.96. The Morgan fingerprint density at radius 2 is 1.86 bits per heavy atom. The number of imidazole rings is 1. The maximum absolute atomic E-state index is 13.1. The van der Waals surface area contributed by atoms with Crippen molar-refractivity contribution in [1.82, 2.24) is 9.55 Å². The first kappa shape index (κ1) is 24.5. The number of fused-ring (bicyclic) bond motifs is 2. The zero-order valence-corrected chi connectivity index (χ0v) is 21.4. The molecule has 0 saturated carbocycles. The topological polar surface area (TPSA) is 71.2 Å². The molecule has 0 N–H and O–H groups in total. The summed E-state index contributed by atoms with van der Waals surface area (Å²) in [4.78, 5) is 20.1. The molecule has 35 heavy (non-hydrogen) atoms. The molecule has 1 atom stereocenters. The van der Waals surface area contributed by atoms with Crippen LogP contribution in [-0.4, -0.2) is 28.2 Å². The van der Waals surface area contributed by atoms with Gasteiger partial charge in [-0.3, -0.25) is 4.57 Å². The Labute approximate surface area is 208 Å². The van der Waals surface area contributed by atoms with E-state index < -0.39 is 0 Å². The number of esters is 1. The van der Waals surface area contributed by atoms with E-state index >= 15 is 0 Å². The van der Waals surface area contributed by atoms with Crippen molar-refractivity contribution in [2.24, 2.45) is 0 Å². The number of aromatic nitrogens is 2. The molecule has 3 aromatic rings. The van der Waals surface area contributed by atoms with Gasteiger partial charge in [0, 0.05) is 17.8 Å². The second-order valence-corrected chi connectivity index (χ2v) is 8.99. The molecule has 182 valence electrons. The van der Waals surface area contributed by atoms with Crippen LogP contribution in [0.15, 0.2) is 36.4 Å². The summed E-state index contributed by atoms with van der Waals surface area (Å²) in [7, 11) is 0. The Morgan fingerprint density at radius 1 is 1.11 bits per heavy atom. The molecule has 0 amide bonds. The molecule has 1 aromatic heterocycles. The minimum Gasteiger partial charge on any atom is -0.461 e. The number of nitriles is 1. The van der Waals surface area contributed by atoms with Crippen LogP contribution in [0, 0.1) is 18.3 Å². The molecule has 1 aliphatic rings. The normalized spacial score (nSPS) is 13.4. The third kappa shape index (κ3) is 4.32. The van der Waals surface area contributed by atoms with Gasteiger partial charge < -0.3 is 9.64 Å². The van der Waals surface area contributed by atoms with Crippen LogP contribution in [0.4, 0.5) is 11.4 Å². The van der Waals surface area contributed by atoms with E-state index in [-0.39, 0.29) is 12.0 Å². The number of para-hydroxylation sites is 1. The maximum Gasteiger partial charge on any atom is 0.357 e. The summed E-state index contributed by atoms with van der Waals surface area (Å²) in [5.41, 5.74) is 7.93. The van der Waals surface area contributed by atoms with Gasteiger partial charge in [0.25, 0.3) is 0 Å². The zero-order valence-electron chi connectivity index (χ0n) is 21.4. The summed E-state index contributed by atoms with van der Waals surface area (Å²) in [6.45, 7) is 10.4. The number of hydrogen-bond donors (Lipinski definition) is 0. The number of benzene rings is 2. The molecule has 0 saturated heterocycles. The highest BCUT2D eigenvalue weighted by Crippen LogP contribution is 2.40. The highest BCUT2D eigenvalue weighted by atomic mass is 16.5. The molecule has 0 spiro atoms. The van der Waals surface area contributed by atoms with Crippen LogP contribution in [-0.2, 0) is 30.4 Å². The fraction of sp³-hybridized carbons (Fsp3) is 0.414. The van der Waals surface area contributed by atoms with E-state index in [9.17, 15) is 10.1 Å². The summed E-state index contributed by atoms with van der Waals surface area (Å²) in [6.07, 6.45) is 4.10. The first-order chi connectivity index (χ1) is 17.0. The largest absolute Gasteiger partial charge is 0.461 e. The minimum atomic E-state index is -0.333. The van der Waals surface area contributed by atoms with Crippen molar-refractivity contribution in [1.29, 1.82) is 5.26 Å². The van der Waals surface area contributed by atoms with Crippen LogP contribution in [0.2, 0.25) is 0 Å². The summed E-state index contributed by atoms with van der Waals surface area (Å²) < 4.78 is 7.48. The lowest BCUT2D eigenvalue weighted by atomic mass is 9.98. The molecule has 4 rings (SSSR count). The summed E-state index contributed by atoms with van der Waals surface area (Å²) >= 11 is 0. The van der Waals surface area contributed by atoms with Crippen LogP contribution in [0.5, 0.6) is 0 Å². The highest BCUT2D eigenvalue weighted by molar-refractivity contribution is 5.90. The molecule has 6 heteroatoms. The number of carbonyl (C=O) groups is 1. The van der Waals surface area contributed by atoms with Crippen molar-refractivity contribution in [3.63, 3.8) is 0 Å². The molecule has 1 aliphatic heterocycles. The second-order valence-electron chi connectivity index (χ2n) is 8.99. The number of anilines is 2. The SMILES string of the molecule is CCCc1nc(CC)c(C(=O)OCC)n1-c1ccc2c(c1C)CCc1ccccc1N2C(C)C#N. The monoisotopic (exact) mass is 470 g/mol. The number of nitrogens with zero attached hydrogens (tertiary/aromatic N) is 4. The average molecular weight is 471 g/mol. The standard InChI is InChI=1S/C29H34N4O2/c1-6-11-27-31-23(7-2)28(29(34)35-8-3)33(27)24-16-17-26-22(20(24)5)15-14-21-12-9-10-13-25(21)32(26)19(4)18-30/h9-10,12-13,16-17,19H,6-8,11,14-15H2,1-5H3. The van der Waals surface area contributed by atoms with Gasteiger partial charge in [0.15, 0.2) is 5.69 Å². The molecule has 0 radical (unpaired) electrons. The van der Waals surface area contributed by atoms with Crippen molar-refractivity contribution in [2.75, 3.05) is 11.5 Å². The van der Waals surface area contributed by atoms with E-state index in [4.69, 9.17) is 9.72 Å². The Hall–Kier alpha value is -3.59. The second kappa shape index (κ2) is 10.4. The molecule has 2 heterocycles. The number of rotatable bonds is 7. The maximum atomic E-state index is 13.1. The van der Waals surface area contributed by atoms with Crippen LogP contribution < -0.4 is 4.90 Å². The van der Waals surface area contributed by atoms with E-state index in [2.05, 4.69) is 55.1 Å². The lowest BCUT2D eigenvalue weighted by molar-refractivity contribution is 0.0515. The molecule has 2 aromatic carbocycles. The fourth-order valence-corrected chi connectivity index (χ4v) is 5.16. The Bertz CT molecular complexity index is 1280. The van der Waals surface area contributed by atoms with Crippen molar-refractivity contribution in [3.8, 4) is 11.8 Å². The summed E-state index contributed by atoms with van der Waals surface area (Å²) in [6, 6.07) is 14.6. The first-order valence-corrected chi connectivity index (χ1v) is 12.6. The number of carbonyl (C=O) groups excluding carboxylic acids is 1. The van der Waals surface area contributed by atoms with Crippen molar-refractivity contribution < 1.29 is 9.53 Å². The highest BCUT2D eigenvalue weighted by Gasteiger charge is 2.29. The van der Waals surface area contributed by atoms with Gasteiger partial charge in [-0.2, -0.15) is 5.26 Å². The van der Waals surface area contributed by atoms with Gasteiger partial charge in [0.05, 0.1) is 24.1 Å². The third-order valence-electron chi connectivity index (χ3n) is 6.81. The number of hydrogen-bond acceptors (Lipinski definition) is 5. The predicted octanol–water partition coefficient (Wildman–Crippen LogP) is 6.02. The van der Waals surface area contributed by atoms with E-state index in [0.717, 1.165) is 59.8 Å². The number of aryl methyl sites for hydroxylation is 3. The molecule has 0 fully saturated rings. The van der Waals surface area contributed by atoms with Crippen LogP contribution >= 0.6 is 0 Å². The van der Waals surface area contributed by atoms with Crippen molar-refractivity contribution >= 4 is 17.3 Å². The summed E-state index contributed by atoms with van der Waals surface area (Å²) in [5, 5.41) is 9.85. The molecule has 1 unspecified atom stereocenters. The van der Waals surface area contributed by atoms with E-state index in [1.807, 2.05) is 31.4 Å². The van der Waals surface area contributed by atoms with Gasteiger partial charge in [-0.1, -0.05) is 32.0 Å². The molecular weight excluding hydrogens is 436 g/mol. The third-order valence-corrected chi connectivity index (χ3v) is 6.81. The average Bonchev–Trinajstić information content (AvgIpc) is 3.13. The number of ether oxygens (including phenoxy) is 1. The van der Waals surface area contributed by atoms with Crippen LogP contribution in [0.25, 0.3) is 5.69 Å². The molecular formula is C29H34N4O2. The van der Waals surface area contributed by atoms with E-state index in [0.29, 0.717) is 18.7 Å². The zero-order chi connectivity index (χ0) is 25.1. The molecule has 6 nitrogen and oxygen atoms in total. The van der Waals surface area contributed by atoms with Gasteiger partial charge in [-0.25, -0.2) is 9.78 Å². The van der Waals surface area contributed by atoms with E-state index in [1.54, 1.807) is 0 Å². The Kier molecular flexibility index (Phi) is 7.25. The van der Waals surface area contributed by atoms with E-state index in [1.165, 1.54) is 11.1 Å². The van der Waals surface area contributed by atoms with Gasteiger partial charge in [-0.15, -0.1) is 0 Å². The van der Waals surface area contributed by atoms with Crippen molar-refractivity contribution in [3.05, 3.63) is 70.3 Å². The van der Waals surface area contributed by atoms with Gasteiger partial charge in [0.2, 0.25) is 0 Å². The summed E-state index contributed by atoms with van der Waals surface area (Å²) in [5.74, 6) is 0.551. The van der Waals surface area contributed by atoms with Crippen molar-refractivity contribution in [2.45, 2.75) is 72.8 Å². The smallest absolute Gasteiger partial charge is 0.357 e. The Morgan fingerprint density at radius 3 is 2.54 bits per heavy atom. The fourth-order valence-electron chi connectivity index (χ4n) is 5.16. The minimum absolute atomic E-state index is 0.316. The lowest BCUT2D eigenvalue weighted by Gasteiger charge is -2.30. The molecule has 0 bridgehead atoms. The van der Waals surface area contributed by atoms with Gasteiger partial charge in [-0.05, 0) is 81.3 Å². The first-order valence-electron chi connectivity index (χ1n) is 12.6. The van der Waals surface area contributed by atoms with Crippen LogP contribution in [0.1, 0.15) is 72.8 Å². The molecule has 0 aliphatic carbocycles. The predicted molar refractivity (Wildman–Crippen MR) is 139 cm³/mol. The lowest BCUT2D eigenvalue weighted by Crippen LogP contribution is -2.28. The van der Waals surface area contributed by atoms with Gasteiger partial charge >= 0.3 is 5.97 Å². The quantitative estimate of drug-likeness (QED) is 0.395.